The molecule has 4 nitrogen and oxygen atoms in total. The van der Waals surface area contributed by atoms with Crippen molar-refractivity contribution in [3.05, 3.63) is 63.4 Å². The summed E-state index contributed by atoms with van der Waals surface area (Å²) in [5, 5.41) is 11.0. The molecular weight excluding hydrogens is 300 g/mol. The molecule has 2 rings (SSSR count). The van der Waals surface area contributed by atoms with E-state index in [-0.39, 0.29) is 12.0 Å². The Bertz CT molecular complexity index is 697. The van der Waals surface area contributed by atoms with Gasteiger partial charge in [0.05, 0.1) is 19.1 Å². The summed E-state index contributed by atoms with van der Waals surface area (Å²) in [5.74, 6) is -1.69. The van der Waals surface area contributed by atoms with Crippen LogP contribution in [0.1, 0.15) is 22.4 Å². The lowest BCUT2D eigenvalue weighted by atomic mass is 9.95. The second-order valence-corrected chi connectivity index (χ2v) is 5.71. The van der Waals surface area contributed by atoms with E-state index in [2.05, 4.69) is 0 Å². The third-order valence-corrected chi connectivity index (χ3v) is 4.06. The molecule has 0 unspecified atom stereocenters. The van der Waals surface area contributed by atoms with E-state index in [1.807, 2.05) is 48.7 Å². The van der Waals surface area contributed by atoms with E-state index in [1.165, 1.54) is 18.4 Å². The normalized spacial score (nSPS) is 11.7. The molecule has 1 N–H and O–H groups in total. The Balaban J connectivity index is 2.68. The van der Waals surface area contributed by atoms with Crippen molar-refractivity contribution in [2.24, 2.45) is 0 Å². The van der Waals surface area contributed by atoms with Crippen molar-refractivity contribution in [2.75, 3.05) is 7.11 Å². The van der Waals surface area contributed by atoms with Gasteiger partial charge in [-0.2, -0.15) is 0 Å². The summed E-state index contributed by atoms with van der Waals surface area (Å²) in [7, 11) is 1.26. The number of thiophene rings is 1. The highest BCUT2D eigenvalue weighted by atomic mass is 32.1. The van der Waals surface area contributed by atoms with Crippen LogP contribution >= 0.6 is 11.3 Å². The fraction of sp³-hybridized carbons (Fsp3) is 0.176. The molecular formula is C17H16O4S. The minimum atomic E-state index is -1.07. The van der Waals surface area contributed by atoms with Gasteiger partial charge in [-0.05, 0) is 23.9 Å². The number of hydrogen-bond acceptors (Lipinski definition) is 4. The van der Waals surface area contributed by atoms with Crippen LogP contribution in [0.5, 0.6) is 0 Å². The maximum Gasteiger partial charge on any atom is 0.335 e. The van der Waals surface area contributed by atoms with Crippen molar-refractivity contribution in [1.82, 2.24) is 0 Å². The van der Waals surface area contributed by atoms with Crippen molar-refractivity contribution < 1.29 is 19.4 Å². The fourth-order valence-electron chi connectivity index (χ4n) is 2.14. The monoisotopic (exact) mass is 316 g/mol. The van der Waals surface area contributed by atoms with E-state index < -0.39 is 11.9 Å². The number of ether oxygens (including phenoxy) is 1. The molecule has 0 aliphatic rings. The third-order valence-electron chi connectivity index (χ3n) is 3.17. The molecule has 0 amide bonds. The van der Waals surface area contributed by atoms with Crippen LogP contribution in [0, 0.1) is 6.92 Å². The summed E-state index contributed by atoms with van der Waals surface area (Å²) in [6.07, 6.45) is -0.381. The number of hydrogen-bond donors (Lipinski definition) is 1. The summed E-state index contributed by atoms with van der Waals surface area (Å²) in [6.45, 7) is 1.97. The first-order valence-corrected chi connectivity index (χ1v) is 7.55. The van der Waals surface area contributed by atoms with Crippen LogP contribution in [0.15, 0.2) is 47.4 Å². The van der Waals surface area contributed by atoms with E-state index in [0.717, 1.165) is 16.0 Å². The molecule has 1 heterocycles. The van der Waals surface area contributed by atoms with Crippen LogP contribution in [0.4, 0.5) is 0 Å². The number of carboxylic acid groups (broad SMARTS) is 1. The molecule has 2 aromatic rings. The van der Waals surface area contributed by atoms with Crippen LogP contribution in [-0.4, -0.2) is 24.2 Å². The summed E-state index contributed by atoms with van der Waals surface area (Å²) < 4.78 is 4.78. The molecule has 0 radical (unpaired) electrons. The SMILES string of the molecule is COC(=O)/C(CC(=O)O)=C(\c1ccc(C)cc1)c1cccs1. The number of aryl methyl sites for hydroxylation is 1. The predicted octanol–water partition coefficient (Wildman–Crippen LogP) is 3.51. The number of carbonyl (C=O) groups excluding carboxylic acids is 1. The molecule has 0 saturated heterocycles. The van der Waals surface area contributed by atoms with Crippen molar-refractivity contribution in [2.45, 2.75) is 13.3 Å². The molecule has 0 fully saturated rings. The van der Waals surface area contributed by atoms with E-state index in [4.69, 9.17) is 9.84 Å². The van der Waals surface area contributed by atoms with E-state index in [0.29, 0.717) is 5.57 Å². The molecule has 0 aliphatic heterocycles. The molecule has 0 saturated carbocycles. The number of methoxy groups -OCH3 is 1. The topological polar surface area (TPSA) is 63.6 Å². The number of rotatable bonds is 5. The molecule has 1 aromatic carbocycles. The molecule has 114 valence electrons. The average molecular weight is 316 g/mol. The van der Waals surface area contributed by atoms with Gasteiger partial charge in [0.2, 0.25) is 0 Å². The summed E-state index contributed by atoms with van der Waals surface area (Å²) in [5.41, 5.74) is 2.66. The van der Waals surface area contributed by atoms with Crippen LogP contribution in [0.2, 0.25) is 0 Å². The summed E-state index contributed by atoms with van der Waals surface area (Å²) in [4.78, 5) is 24.1. The molecule has 22 heavy (non-hydrogen) atoms. The highest BCUT2D eigenvalue weighted by Gasteiger charge is 2.22. The standard InChI is InChI=1S/C17H16O4S/c1-11-5-7-12(8-6-11)16(14-4-3-9-22-14)13(10-15(18)19)17(20)21-2/h3-9H,10H2,1-2H3,(H,18,19)/b16-13+. The first-order chi connectivity index (χ1) is 10.5. The molecule has 0 aliphatic carbocycles. The number of benzene rings is 1. The lowest BCUT2D eigenvalue weighted by Crippen LogP contribution is -2.12. The van der Waals surface area contributed by atoms with Gasteiger partial charge in [0, 0.05) is 10.5 Å². The zero-order valence-corrected chi connectivity index (χ0v) is 13.1. The minimum Gasteiger partial charge on any atom is -0.481 e. The van der Waals surface area contributed by atoms with Gasteiger partial charge in [0.1, 0.15) is 0 Å². The van der Waals surface area contributed by atoms with Gasteiger partial charge in [0.15, 0.2) is 0 Å². The quantitative estimate of drug-likeness (QED) is 0.677. The summed E-state index contributed by atoms with van der Waals surface area (Å²) >= 11 is 1.45. The molecule has 0 spiro atoms. The van der Waals surface area contributed by atoms with Crippen molar-refractivity contribution in [1.29, 1.82) is 0 Å². The highest BCUT2D eigenvalue weighted by molar-refractivity contribution is 7.11. The van der Waals surface area contributed by atoms with E-state index in [9.17, 15) is 9.59 Å². The van der Waals surface area contributed by atoms with Crippen molar-refractivity contribution >= 4 is 28.8 Å². The minimum absolute atomic E-state index is 0.154. The predicted molar refractivity (Wildman–Crippen MR) is 85.8 cm³/mol. The Morgan fingerprint density at radius 2 is 1.86 bits per heavy atom. The molecule has 5 heteroatoms. The van der Waals surface area contributed by atoms with Crippen LogP contribution < -0.4 is 0 Å². The van der Waals surface area contributed by atoms with Gasteiger partial charge in [-0.3, -0.25) is 4.79 Å². The zero-order valence-electron chi connectivity index (χ0n) is 12.3. The van der Waals surface area contributed by atoms with E-state index >= 15 is 0 Å². The maximum atomic E-state index is 12.1. The lowest BCUT2D eigenvalue weighted by molar-refractivity contribution is -0.141. The Kier molecular flexibility index (Phi) is 5.12. The lowest BCUT2D eigenvalue weighted by Gasteiger charge is -2.12. The Labute approximate surface area is 132 Å². The van der Waals surface area contributed by atoms with Gasteiger partial charge in [-0.25, -0.2) is 4.79 Å². The second-order valence-electron chi connectivity index (χ2n) is 4.76. The Morgan fingerprint density at radius 3 is 2.36 bits per heavy atom. The molecule has 1 aromatic heterocycles. The van der Waals surface area contributed by atoms with Gasteiger partial charge in [0.25, 0.3) is 0 Å². The molecule has 0 atom stereocenters. The molecule has 0 bridgehead atoms. The van der Waals surface area contributed by atoms with Gasteiger partial charge in [-0.1, -0.05) is 35.9 Å². The van der Waals surface area contributed by atoms with Gasteiger partial charge >= 0.3 is 11.9 Å². The maximum absolute atomic E-state index is 12.1. The van der Waals surface area contributed by atoms with Crippen LogP contribution in [0.3, 0.4) is 0 Å². The number of carboxylic acids is 1. The first-order valence-electron chi connectivity index (χ1n) is 6.67. The smallest absolute Gasteiger partial charge is 0.335 e. The van der Waals surface area contributed by atoms with Gasteiger partial charge in [-0.15, -0.1) is 11.3 Å². The van der Waals surface area contributed by atoms with Crippen molar-refractivity contribution in [3.63, 3.8) is 0 Å². The van der Waals surface area contributed by atoms with Crippen LogP contribution in [-0.2, 0) is 14.3 Å². The van der Waals surface area contributed by atoms with Crippen molar-refractivity contribution in [3.8, 4) is 0 Å². The summed E-state index contributed by atoms with van der Waals surface area (Å²) in [6, 6.07) is 11.4. The number of carbonyl (C=O) groups is 2. The average Bonchev–Trinajstić information content (AvgIpc) is 3.01. The third kappa shape index (κ3) is 3.62. The van der Waals surface area contributed by atoms with E-state index in [1.54, 1.807) is 0 Å². The highest BCUT2D eigenvalue weighted by Crippen LogP contribution is 2.32. The van der Waals surface area contributed by atoms with Crippen LogP contribution in [0.25, 0.3) is 5.57 Å². The Morgan fingerprint density at radius 1 is 1.18 bits per heavy atom. The zero-order chi connectivity index (χ0) is 16.1. The second kappa shape index (κ2) is 7.04. The largest absolute Gasteiger partial charge is 0.481 e. The fourth-order valence-corrected chi connectivity index (χ4v) is 2.96. The van der Waals surface area contributed by atoms with Gasteiger partial charge < -0.3 is 9.84 Å². The number of esters is 1. The Hall–Kier alpha value is -2.40. The first kappa shape index (κ1) is 16.0. The number of aliphatic carboxylic acids is 1.